The number of para-hydroxylation sites is 1. The number of amidine groups is 1. The molecule has 2 aromatic carbocycles. The minimum atomic E-state index is -0.0156. The third kappa shape index (κ3) is 4.37. The second-order valence-corrected chi connectivity index (χ2v) is 8.94. The summed E-state index contributed by atoms with van der Waals surface area (Å²) in [7, 11) is 0. The molecule has 0 aliphatic carbocycles. The lowest BCUT2D eigenvalue weighted by Crippen LogP contribution is -2.09. The van der Waals surface area contributed by atoms with Crippen molar-refractivity contribution in [2.45, 2.75) is 44.9 Å². The molecule has 0 fully saturated rings. The fraction of sp³-hybridized carbons (Fsp3) is 0.250. The summed E-state index contributed by atoms with van der Waals surface area (Å²) < 4.78 is 1.78. The quantitative estimate of drug-likeness (QED) is 0.125. The van der Waals surface area contributed by atoms with Crippen LogP contribution in [0.4, 0.5) is 0 Å². The third-order valence-corrected chi connectivity index (χ3v) is 6.59. The Morgan fingerprint density at radius 1 is 1.09 bits per heavy atom. The number of hydrogen-bond donors (Lipinski definition) is 4. The summed E-state index contributed by atoms with van der Waals surface area (Å²) in [5.74, 6) is 0.340. The zero-order valence-electron chi connectivity index (χ0n) is 19.8. The molecular weight excluding hydrogens is 436 g/mol. The van der Waals surface area contributed by atoms with E-state index in [1.807, 2.05) is 48.8 Å². The molecule has 0 saturated heterocycles. The Bertz CT molecular complexity index is 1480. The van der Waals surface area contributed by atoms with Gasteiger partial charge in [0.05, 0.1) is 17.2 Å². The highest BCUT2D eigenvalue weighted by molar-refractivity contribution is 5.94. The number of nitrogens with one attached hydrogen (secondary N) is 2. The van der Waals surface area contributed by atoms with E-state index in [1.165, 1.54) is 0 Å². The van der Waals surface area contributed by atoms with Crippen LogP contribution in [0, 0.1) is 5.41 Å². The summed E-state index contributed by atoms with van der Waals surface area (Å²) in [5.41, 5.74) is 11.7. The van der Waals surface area contributed by atoms with E-state index in [2.05, 4.69) is 30.1 Å². The van der Waals surface area contributed by atoms with E-state index in [9.17, 15) is 5.11 Å². The molecule has 3 heterocycles. The fourth-order valence-corrected chi connectivity index (χ4v) is 4.81. The summed E-state index contributed by atoms with van der Waals surface area (Å²) in [6.45, 7) is 2.11. The molecule has 0 aliphatic rings. The van der Waals surface area contributed by atoms with Gasteiger partial charge in [-0.1, -0.05) is 55.5 Å². The number of aromatic hydroxyl groups is 1. The third-order valence-electron chi connectivity index (χ3n) is 6.59. The zero-order valence-corrected chi connectivity index (χ0v) is 19.8. The first-order valence-electron chi connectivity index (χ1n) is 12.1. The van der Waals surface area contributed by atoms with E-state index in [1.54, 1.807) is 4.40 Å². The first-order chi connectivity index (χ1) is 17.1. The maximum atomic E-state index is 11.4. The molecule has 7 nitrogen and oxygen atoms in total. The van der Waals surface area contributed by atoms with Crippen LogP contribution < -0.4 is 5.73 Å². The summed E-state index contributed by atoms with van der Waals surface area (Å²) in [5, 5.41) is 20.0. The highest BCUT2D eigenvalue weighted by Gasteiger charge is 2.24. The molecular formula is C28H30N6O. The Hall–Kier alpha value is -4.13. The number of hydrogen-bond acceptors (Lipinski definition) is 4. The molecule has 5 aromatic rings. The smallest absolute Gasteiger partial charge is 0.219 e. The SMILES string of the molecule is CCC(c1ccccc1)c1nc2c(CCCCC(=N)N)nc(-c3c[nH]c4ccccc34)cn2c1O. The Labute approximate surface area is 204 Å². The number of rotatable bonds is 9. The van der Waals surface area contributed by atoms with Crippen molar-refractivity contribution >= 4 is 22.4 Å². The van der Waals surface area contributed by atoms with Gasteiger partial charge < -0.3 is 15.8 Å². The number of H-pyrrole nitrogens is 1. The molecule has 0 saturated carbocycles. The number of aromatic nitrogens is 4. The Kier molecular flexibility index (Phi) is 6.23. The van der Waals surface area contributed by atoms with Gasteiger partial charge in [0.1, 0.15) is 5.69 Å². The van der Waals surface area contributed by atoms with Gasteiger partial charge in [0, 0.05) is 41.2 Å². The van der Waals surface area contributed by atoms with Gasteiger partial charge in [-0.2, -0.15) is 0 Å². The van der Waals surface area contributed by atoms with Gasteiger partial charge in [0.25, 0.3) is 0 Å². The average Bonchev–Trinajstić information content (AvgIpc) is 3.45. The van der Waals surface area contributed by atoms with Gasteiger partial charge in [0.2, 0.25) is 5.88 Å². The average molecular weight is 467 g/mol. The normalized spacial score (nSPS) is 12.4. The van der Waals surface area contributed by atoms with Crippen molar-refractivity contribution in [1.29, 1.82) is 5.41 Å². The van der Waals surface area contributed by atoms with E-state index >= 15 is 0 Å². The van der Waals surface area contributed by atoms with Gasteiger partial charge in [-0.15, -0.1) is 0 Å². The Balaban J connectivity index is 1.64. The molecule has 5 N–H and O–H groups in total. The van der Waals surface area contributed by atoms with Crippen LogP contribution in [-0.4, -0.2) is 30.3 Å². The summed E-state index contributed by atoms with van der Waals surface area (Å²) in [6.07, 6.45) is 7.55. The van der Waals surface area contributed by atoms with Crippen molar-refractivity contribution in [1.82, 2.24) is 19.4 Å². The van der Waals surface area contributed by atoms with Crippen molar-refractivity contribution in [3.63, 3.8) is 0 Å². The van der Waals surface area contributed by atoms with Crippen molar-refractivity contribution in [3.8, 4) is 17.1 Å². The Morgan fingerprint density at radius 3 is 2.63 bits per heavy atom. The van der Waals surface area contributed by atoms with Crippen LogP contribution in [0.5, 0.6) is 5.88 Å². The van der Waals surface area contributed by atoms with E-state index in [4.69, 9.17) is 21.1 Å². The summed E-state index contributed by atoms with van der Waals surface area (Å²) in [4.78, 5) is 13.3. The van der Waals surface area contributed by atoms with Crippen LogP contribution in [0.3, 0.4) is 0 Å². The molecule has 0 radical (unpaired) electrons. The first-order valence-corrected chi connectivity index (χ1v) is 12.1. The van der Waals surface area contributed by atoms with Crippen LogP contribution in [0.25, 0.3) is 27.8 Å². The topological polar surface area (TPSA) is 116 Å². The fourth-order valence-electron chi connectivity index (χ4n) is 4.81. The van der Waals surface area contributed by atoms with Crippen molar-refractivity contribution in [3.05, 3.63) is 83.9 Å². The van der Waals surface area contributed by atoms with Gasteiger partial charge in [-0.05, 0) is 37.3 Å². The van der Waals surface area contributed by atoms with Crippen LogP contribution in [0.15, 0.2) is 67.0 Å². The van der Waals surface area contributed by atoms with Crippen molar-refractivity contribution < 1.29 is 5.11 Å². The second kappa shape index (κ2) is 9.62. The molecule has 1 atom stereocenters. The van der Waals surface area contributed by atoms with E-state index in [-0.39, 0.29) is 17.6 Å². The molecule has 3 aromatic heterocycles. The highest BCUT2D eigenvalue weighted by Crippen LogP contribution is 2.36. The predicted molar refractivity (Wildman–Crippen MR) is 140 cm³/mol. The number of unbranched alkanes of at least 4 members (excludes halogenated alkanes) is 1. The predicted octanol–water partition coefficient (Wildman–Crippen LogP) is 5.77. The molecule has 5 rings (SSSR count). The largest absolute Gasteiger partial charge is 0.493 e. The van der Waals surface area contributed by atoms with Crippen LogP contribution in [-0.2, 0) is 6.42 Å². The number of nitrogens with two attached hydrogens (primary N) is 1. The van der Waals surface area contributed by atoms with Gasteiger partial charge in [-0.3, -0.25) is 9.81 Å². The van der Waals surface area contributed by atoms with Crippen molar-refractivity contribution in [2.75, 3.05) is 0 Å². The molecule has 7 heteroatoms. The monoisotopic (exact) mass is 466 g/mol. The highest BCUT2D eigenvalue weighted by atomic mass is 16.3. The molecule has 0 aliphatic heterocycles. The van der Waals surface area contributed by atoms with Crippen LogP contribution >= 0.6 is 0 Å². The van der Waals surface area contributed by atoms with E-state index in [0.29, 0.717) is 24.2 Å². The molecule has 0 amide bonds. The maximum absolute atomic E-state index is 11.4. The maximum Gasteiger partial charge on any atom is 0.219 e. The number of aryl methyl sites for hydroxylation is 1. The lowest BCUT2D eigenvalue weighted by atomic mass is 9.93. The number of imidazole rings is 1. The van der Waals surface area contributed by atoms with Crippen LogP contribution in [0.2, 0.25) is 0 Å². The Morgan fingerprint density at radius 2 is 1.86 bits per heavy atom. The van der Waals surface area contributed by atoms with Gasteiger partial charge in [-0.25, -0.2) is 9.97 Å². The van der Waals surface area contributed by atoms with E-state index < -0.39 is 0 Å². The number of fused-ring (bicyclic) bond motifs is 2. The van der Waals surface area contributed by atoms with Crippen molar-refractivity contribution in [2.24, 2.45) is 5.73 Å². The first kappa shape index (κ1) is 22.7. The molecule has 1 unspecified atom stereocenters. The minimum Gasteiger partial charge on any atom is -0.493 e. The minimum absolute atomic E-state index is 0.0156. The molecule has 35 heavy (non-hydrogen) atoms. The standard InChI is InChI=1S/C28H30N6O/c1-2-19(18-10-4-3-5-11-18)26-28(35)34-17-24(21-16-31-22-13-7-6-12-20(21)22)32-23(27(34)33-26)14-8-9-15-25(29)30/h3-7,10-13,16-17,19,31,35H,2,8-9,14-15H2,1H3,(H3,29,30). The summed E-state index contributed by atoms with van der Waals surface area (Å²) in [6, 6.07) is 18.3. The number of nitrogens with zero attached hydrogens (tertiary/aromatic N) is 3. The second-order valence-electron chi connectivity index (χ2n) is 8.94. The van der Waals surface area contributed by atoms with Crippen LogP contribution in [0.1, 0.15) is 55.5 Å². The van der Waals surface area contributed by atoms with Gasteiger partial charge in [0.15, 0.2) is 5.65 Å². The molecule has 0 bridgehead atoms. The number of aromatic amines is 1. The molecule has 178 valence electrons. The molecule has 0 spiro atoms. The van der Waals surface area contributed by atoms with Gasteiger partial charge >= 0.3 is 0 Å². The number of benzene rings is 2. The zero-order chi connectivity index (χ0) is 24.4. The lowest BCUT2D eigenvalue weighted by Gasteiger charge is -2.13. The van der Waals surface area contributed by atoms with E-state index in [0.717, 1.165) is 52.7 Å². The summed E-state index contributed by atoms with van der Waals surface area (Å²) >= 11 is 0. The lowest BCUT2D eigenvalue weighted by molar-refractivity contribution is 0.437.